The van der Waals surface area contributed by atoms with Gasteiger partial charge in [-0.15, -0.1) is 0 Å². The SMILES string of the molecule is CCCCCOc1ccc(N2C(=O)c3ccccc3N[C@@H]2c2ccc(CC)cc2)cc1. The number of para-hydroxylation sites is 1. The summed E-state index contributed by atoms with van der Waals surface area (Å²) in [4.78, 5) is 15.3. The molecule has 1 amide bonds. The first-order valence-corrected chi connectivity index (χ1v) is 11.2. The molecule has 0 unspecified atom stereocenters. The monoisotopic (exact) mass is 414 g/mol. The Bertz CT molecular complexity index is 1010. The van der Waals surface area contributed by atoms with E-state index in [-0.39, 0.29) is 12.1 Å². The number of anilines is 2. The maximum Gasteiger partial charge on any atom is 0.262 e. The summed E-state index contributed by atoms with van der Waals surface area (Å²) < 4.78 is 5.85. The highest BCUT2D eigenvalue weighted by Gasteiger charge is 2.33. The smallest absolute Gasteiger partial charge is 0.262 e. The number of ether oxygens (including phenoxy) is 1. The van der Waals surface area contributed by atoms with Crippen LogP contribution < -0.4 is 15.0 Å². The second-order valence-corrected chi connectivity index (χ2v) is 7.91. The topological polar surface area (TPSA) is 41.6 Å². The summed E-state index contributed by atoms with van der Waals surface area (Å²) in [5.74, 6) is 0.831. The summed E-state index contributed by atoms with van der Waals surface area (Å²) >= 11 is 0. The Balaban J connectivity index is 1.64. The number of rotatable bonds is 8. The Morgan fingerprint density at radius 1 is 0.903 bits per heavy atom. The molecule has 4 rings (SSSR count). The van der Waals surface area contributed by atoms with Crippen LogP contribution in [0.15, 0.2) is 72.8 Å². The number of benzene rings is 3. The largest absolute Gasteiger partial charge is 0.494 e. The van der Waals surface area contributed by atoms with Crippen molar-refractivity contribution in [2.45, 2.75) is 45.7 Å². The fraction of sp³-hybridized carbons (Fsp3) is 0.296. The minimum Gasteiger partial charge on any atom is -0.494 e. The highest BCUT2D eigenvalue weighted by atomic mass is 16.5. The lowest BCUT2D eigenvalue weighted by molar-refractivity contribution is 0.0975. The van der Waals surface area contributed by atoms with E-state index in [0.29, 0.717) is 5.56 Å². The number of hydrogen-bond donors (Lipinski definition) is 1. The van der Waals surface area contributed by atoms with Crippen LogP contribution in [-0.4, -0.2) is 12.5 Å². The van der Waals surface area contributed by atoms with Gasteiger partial charge in [-0.05, 0) is 60.4 Å². The quantitative estimate of drug-likeness (QED) is 0.423. The van der Waals surface area contributed by atoms with Crippen LogP contribution in [0.1, 0.15) is 60.8 Å². The molecule has 0 saturated carbocycles. The molecule has 1 aliphatic heterocycles. The fourth-order valence-electron chi connectivity index (χ4n) is 3.93. The number of carbonyl (C=O) groups excluding carboxylic acids is 1. The summed E-state index contributed by atoms with van der Waals surface area (Å²) in [5.41, 5.74) is 4.73. The number of aryl methyl sites for hydroxylation is 1. The normalized spacial score (nSPS) is 15.4. The molecule has 3 aromatic carbocycles. The van der Waals surface area contributed by atoms with Gasteiger partial charge in [0.05, 0.1) is 12.2 Å². The maximum absolute atomic E-state index is 13.5. The van der Waals surface area contributed by atoms with Crippen LogP contribution in [-0.2, 0) is 6.42 Å². The lowest BCUT2D eigenvalue weighted by Crippen LogP contribution is -2.43. The van der Waals surface area contributed by atoms with E-state index in [2.05, 4.69) is 43.4 Å². The van der Waals surface area contributed by atoms with Gasteiger partial charge in [-0.3, -0.25) is 9.69 Å². The Kier molecular flexibility index (Phi) is 6.56. The third kappa shape index (κ3) is 4.58. The second kappa shape index (κ2) is 9.69. The average molecular weight is 415 g/mol. The fourth-order valence-corrected chi connectivity index (χ4v) is 3.93. The van der Waals surface area contributed by atoms with Crippen molar-refractivity contribution in [3.8, 4) is 5.75 Å². The van der Waals surface area contributed by atoms with E-state index < -0.39 is 0 Å². The second-order valence-electron chi connectivity index (χ2n) is 7.91. The third-order valence-electron chi connectivity index (χ3n) is 5.76. The van der Waals surface area contributed by atoms with Crippen LogP contribution in [0.2, 0.25) is 0 Å². The van der Waals surface area contributed by atoms with Gasteiger partial charge >= 0.3 is 0 Å². The molecule has 160 valence electrons. The molecule has 4 nitrogen and oxygen atoms in total. The lowest BCUT2D eigenvalue weighted by atomic mass is 10.0. The van der Waals surface area contributed by atoms with Gasteiger partial charge in [-0.25, -0.2) is 0 Å². The highest BCUT2D eigenvalue weighted by molar-refractivity contribution is 6.12. The molecule has 0 saturated heterocycles. The van der Waals surface area contributed by atoms with Crippen molar-refractivity contribution in [3.05, 3.63) is 89.5 Å². The first kappa shape index (κ1) is 21.0. The zero-order valence-electron chi connectivity index (χ0n) is 18.3. The molecule has 1 atom stereocenters. The lowest BCUT2D eigenvalue weighted by Gasteiger charge is -2.38. The number of hydrogen-bond acceptors (Lipinski definition) is 3. The molecule has 1 aliphatic rings. The molecule has 0 bridgehead atoms. The van der Waals surface area contributed by atoms with Crippen molar-refractivity contribution >= 4 is 17.3 Å². The number of unbranched alkanes of at least 4 members (excludes halogenated alkanes) is 2. The standard InChI is InChI=1S/C27H30N2O2/c1-3-5-8-19-31-23-17-15-22(16-18-23)29-26(21-13-11-20(4-2)12-14-21)28-25-10-7-6-9-24(25)27(29)30/h6-7,9-18,26,28H,3-5,8,19H2,1-2H3/t26-/m0/s1. The van der Waals surface area contributed by atoms with Gasteiger partial charge in [0.25, 0.3) is 5.91 Å². The summed E-state index contributed by atoms with van der Waals surface area (Å²) in [6.45, 7) is 5.05. The summed E-state index contributed by atoms with van der Waals surface area (Å²) in [7, 11) is 0. The molecule has 0 aromatic heterocycles. The van der Waals surface area contributed by atoms with E-state index in [1.807, 2.05) is 53.4 Å². The molecule has 1 N–H and O–H groups in total. The zero-order chi connectivity index (χ0) is 21.6. The van der Waals surface area contributed by atoms with Gasteiger partial charge in [0.2, 0.25) is 0 Å². The number of fused-ring (bicyclic) bond motifs is 1. The minimum atomic E-state index is -0.273. The van der Waals surface area contributed by atoms with Gasteiger partial charge in [-0.1, -0.05) is 63.1 Å². The summed E-state index contributed by atoms with van der Waals surface area (Å²) in [6, 6.07) is 24.0. The van der Waals surface area contributed by atoms with Crippen molar-refractivity contribution < 1.29 is 9.53 Å². The van der Waals surface area contributed by atoms with Gasteiger partial charge in [0, 0.05) is 11.4 Å². The first-order chi connectivity index (χ1) is 15.2. The predicted molar refractivity (Wildman–Crippen MR) is 127 cm³/mol. The molecule has 1 heterocycles. The number of nitrogens with one attached hydrogen (secondary N) is 1. The Labute approximate surface area is 184 Å². The van der Waals surface area contributed by atoms with E-state index in [4.69, 9.17) is 4.74 Å². The molecular weight excluding hydrogens is 384 g/mol. The number of nitrogens with zero attached hydrogens (tertiary/aromatic N) is 1. The van der Waals surface area contributed by atoms with Gasteiger partial charge in [0.15, 0.2) is 0 Å². The van der Waals surface area contributed by atoms with Crippen LogP contribution in [0.4, 0.5) is 11.4 Å². The van der Waals surface area contributed by atoms with Crippen molar-refractivity contribution in [1.29, 1.82) is 0 Å². The molecule has 0 aliphatic carbocycles. The number of carbonyl (C=O) groups is 1. The average Bonchev–Trinajstić information content (AvgIpc) is 2.82. The Hall–Kier alpha value is -3.27. The van der Waals surface area contributed by atoms with Gasteiger partial charge in [0.1, 0.15) is 11.9 Å². The molecule has 0 spiro atoms. The van der Waals surface area contributed by atoms with Crippen LogP contribution in [0, 0.1) is 0 Å². The highest BCUT2D eigenvalue weighted by Crippen LogP contribution is 2.37. The van der Waals surface area contributed by atoms with Gasteiger partial charge in [-0.2, -0.15) is 0 Å². The molecule has 4 heteroatoms. The van der Waals surface area contributed by atoms with Crippen LogP contribution in [0.3, 0.4) is 0 Å². The molecule has 3 aromatic rings. The summed E-state index contributed by atoms with van der Waals surface area (Å²) in [5, 5.41) is 3.57. The predicted octanol–water partition coefficient (Wildman–Crippen LogP) is 6.59. The summed E-state index contributed by atoms with van der Waals surface area (Å²) in [6.07, 6.45) is 4.12. The van der Waals surface area contributed by atoms with E-state index in [9.17, 15) is 4.79 Å². The first-order valence-electron chi connectivity index (χ1n) is 11.2. The Morgan fingerprint density at radius 2 is 1.65 bits per heavy atom. The zero-order valence-corrected chi connectivity index (χ0v) is 18.3. The van der Waals surface area contributed by atoms with E-state index in [0.717, 1.165) is 42.1 Å². The van der Waals surface area contributed by atoms with Crippen molar-refractivity contribution in [1.82, 2.24) is 0 Å². The Morgan fingerprint density at radius 3 is 2.35 bits per heavy atom. The van der Waals surface area contributed by atoms with E-state index in [1.54, 1.807) is 0 Å². The molecule has 31 heavy (non-hydrogen) atoms. The van der Waals surface area contributed by atoms with E-state index >= 15 is 0 Å². The third-order valence-corrected chi connectivity index (χ3v) is 5.76. The molecule has 0 fully saturated rings. The van der Waals surface area contributed by atoms with Crippen LogP contribution >= 0.6 is 0 Å². The molecular formula is C27H30N2O2. The van der Waals surface area contributed by atoms with Crippen LogP contribution in [0.5, 0.6) is 5.75 Å². The van der Waals surface area contributed by atoms with E-state index in [1.165, 1.54) is 18.4 Å². The molecule has 0 radical (unpaired) electrons. The van der Waals surface area contributed by atoms with Crippen molar-refractivity contribution in [2.24, 2.45) is 0 Å². The number of amides is 1. The van der Waals surface area contributed by atoms with Crippen LogP contribution in [0.25, 0.3) is 0 Å². The van der Waals surface area contributed by atoms with Gasteiger partial charge < -0.3 is 10.1 Å². The maximum atomic E-state index is 13.5. The van der Waals surface area contributed by atoms with Crippen molar-refractivity contribution in [3.63, 3.8) is 0 Å². The van der Waals surface area contributed by atoms with Crippen molar-refractivity contribution in [2.75, 3.05) is 16.8 Å². The minimum absolute atomic E-state index is 0.00414.